The summed E-state index contributed by atoms with van der Waals surface area (Å²) in [4.78, 5) is 0. The lowest BCUT2D eigenvalue weighted by Gasteiger charge is -2.39. The zero-order chi connectivity index (χ0) is 13.8. The summed E-state index contributed by atoms with van der Waals surface area (Å²) in [7, 11) is 0. The summed E-state index contributed by atoms with van der Waals surface area (Å²) in [6.07, 6.45) is 11.9. The van der Waals surface area contributed by atoms with Gasteiger partial charge in [0.05, 0.1) is 0 Å². The summed E-state index contributed by atoms with van der Waals surface area (Å²) in [5.41, 5.74) is 0.920. The Kier molecular flexibility index (Phi) is 4.72. The lowest BCUT2D eigenvalue weighted by Crippen LogP contribution is -2.45. The summed E-state index contributed by atoms with van der Waals surface area (Å²) >= 11 is 0. The Morgan fingerprint density at radius 3 is 2.20 bits per heavy atom. The fraction of sp³-hybridized carbons (Fsp3) is 0.667. The largest absolute Gasteiger partial charge is 0.311 e. The Hall–Kier alpha value is -0.890. The smallest absolute Gasteiger partial charge is 0.126 e. The maximum Gasteiger partial charge on any atom is 0.126 e. The van der Waals surface area contributed by atoms with E-state index < -0.39 is 0 Å². The Balaban J connectivity index is 1.47. The molecule has 0 bridgehead atoms. The van der Waals surface area contributed by atoms with Crippen molar-refractivity contribution in [2.75, 3.05) is 0 Å². The lowest BCUT2D eigenvalue weighted by atomic mass is 9.75. The van der Waals surface area contributed by atoms with E-state index in [1.54, 1.807) is 12.1 Å². The van der Waals surface area contributed by atoms with E-state index >= 15 is 0 Å². The summed E-state index contributed by atoms with van der Waals surface area (Å²) in [6, 6.07) is 8.60. The molecule has 2 aliphatic carbocycles. The van der Waals surface area contributed by atoms with Crippen LogP contribution in [0.5, 0.6) is 0 Å². The van der Waals surface area contributed by atoms with E-state index in [2.05, 4.69) is 5.32 Å². The van der Waals surface area contributed by atoms with E-state index in [4.69, 9.17) is 0 Å². The van der Waals surface area contributed by atoms with E-state index in [9.17, 15) is 4.39 Å². The monoisotopic (exact) mass is 275 g/mol. The van der Waals surface area contributed by atoms with Crippen LogP contribution in [0, 0.1) is 5.82 Å². The maximum atomic E-state index is 13.7. The van der Waals surface area contributed by atoms with Crippen molar-refractivity contribution in [3.63, 3.8) is 0 Å². The van der Waals surface area contributed by atoms with Crippen molar-refractivity contribution >= 4 is 0 Å². The van der Waals surface area contributed by atoms with E-state index in [1.165, 1.54) is 44.9 Å². The molecule has 20 heavy (non-hydrogen) atoms. The van der Waals surface area contributed by atoms with Gasteiger partial charge in [-0.25, -0.2) is 4.39 Å². The standard InChI is InChI=1S/C18H26FN/c19-18-11-7-6-10-17(18)14-12-16(13-14)20-15-8-4-2-1-3-5-9-15/h6-7,10-11,14-16,20H,1-5,8-9,12-13H2. The van der Waals surface area contributed by atoms with Crippen LogP contribution in [-0.2, 0) is 0 Å². The minimum absolute atomic E-state index is 0.0260. The van der Waals surface area contributed by atoms with Crippen LogP contribution in [-0.4, -0.2) is 12.1 Å². The summed E-state index contributed by atoms with van der Waals surface area (Å²) in [5.74, 6) is 0.407. The van der Waals surface area contributed by atoms with Crippen molar-refractivity contribution in [2.24, 2.45) is 0 Å². The number of hydrogen-bond donors (Lipinski definition) is 1. The normalized spacial score (nSPS) is 28.4. The third kappa shape index (κ3) is 3.41. The van der Waals surface area contributed by atoms with Gasteiger partial charge in [-0.2, -0.15) is 0 Å². The molecular weight excluding hydrogens is 249 g/mol. The number of rotatable bonds is 3. The molecule has 0 atom stereocenters. The topological polar surface area (TPSA) is 12.0 Å². The molecule has 110 valence electrons. The van der Waals surface area contributed by atoms with Crippen molar-refractivity contribution in [3.8, 4) is 0 Å². The molecule has 0 unspecified atom stereocenters. The highest BCUT2D eigenvalue weighted by Gasteiger charge is 2.32. The predicted molar refractivity (Wildman–Crippen MR) is 81.4 cm³/mol. The van der Waals surface area contributed by atoms with Gasteiger partial charge in [-0.05, 0) is 43.2 Å². The van der Waals surface area contributed by atoms with Gasteiger partial charge in [0.1, 0.15) is 5.82 Å². The molecule has 1 N–H and O–H groups in total. The minimum atomic E-state index is -0.0260. The van der Waals surface area contributed by atoms with Crippen molar-refractivity contribution in [2.45, 2.75) is 75.8 Å². The first kappa shape index (κ1) is 14.1. The van der Waals surface area contributed by atoms with Gasteiger partial charge in [0, 0.05) is 12.1 Å². The van der Waals surface area contributed by atoms with Crippen LogP contribution in [0.25, 0.3) is 0 Å². The van der Waals surface area contributed by atoms with E-state index in [0.717, 1.165) is 18.4 Å². The first-order valence-corrected chi connectivity index (χ1v) is 8.33. The molecule has 1 aromatic carbocycles. The minimum Gasteiger partial charge on any atom is -0.311 e. The van der Waals surface area contributed by atoms with E-state index in [1.807, 2.05) is 12.1 Å². The van der Waals surface area contributed by atoms with Crippen LogP contribution in [0.15, 0.2) is 24.3 Å². The molecule has 0 heterocycles. The average molecular weight is 275 g/mol. The number of halogens is 1. The molecule has 0 aromatic heterocycles. The van der Waals surface area contributed by atoms with Crippen molar-refractivity contribution in [3.05, 3.63) is 35.6 Å². The molecule has 0 radical (unpaired) electrons. The van der Waals surface area contributed by atoms with Crippen LogP contribution < -0.4 is 5.32 Å². The SMILES string of the molecule is Fc1ccccc1C1CC(NC2CCCCCCC2)C1. The number of benzene rings is 1. The van der Waals surface area contributed by atoms with Crippen LogP contribution in [0.3, 0.4) is 0 Å². The van der Waals surface area contributed by atoms with Crippen molar-refractivity contribution in [1.82, 2.24) is 5.32 Å². The predicted octanol–water partition coefficient (Wildman–Crippen LogP) is 4.77. The second-order valence-electron chi connectivity index (χ2n) is 6.60. The van der Waals surface area contributed by atoms with Crippen molar-refractivity contribution in [1.29, 1.82) is 0 Å². The molecule has 2 heteroatoms. The third-order valence-corrected chi connectivity index (χ3v) is 5.06. The lowest BCUT2D eigenvalue weighted by molar-refractivity contribution is 0.241. The first-order chi connectivity index (χ1) is 9.83. The molecule has 0 aliphatic heterocycles. The number of hydrogen-bond acceptors (Lipinski definition) is 1. The molecular formula is C18H26FN. The Morgan fingerprint density at radius 1 is 0.850 bits per heavy atom. The Bertz CT molecular complexity index is 417. The maximum absolute atomic E-state index is 13.7. The van der Waals surface area contributed by atoms with Gasteiger partial charge in [0.15, 0.2) is 0 Å². The van der Waals surface area contributed by atoms with E-state index in [-0.39, 0.29) is 5.82 Å². The molecule has 0 amide bonds. The summed E-state index contributed by atoms with van der Waals surface area (Å²) < 4.78 is 13.7. The first-order valence-electron chi connectivity index (χ1n) is 8.33. The fourth-order valence-electron chi connectivity index (χ4n) is 3.77. The van der Waals surface area contributed by atoms with Crippen LogP contribution >= 0.6 is 0 Å². The number of nitrogens with one attached hydrogen (secondary N) is 1. The highest BCUT2D eigenvalue weighted by molar-refractivity contribution is 5.24. The fourth-order valence-corrected chi connectivity index (χ4v) is 3.77. The van der Waals surface area contributed by atoms with Gasteiger partial charge in [-0.1, -0.05) is 50.3 Å². The third-order valence-electron chi connectivity index (χ3n) is 5.06. The molecule has 0 saturated heterocycles. The summed E-state index contributed by atoms with van der Waals surface area (Å²) in [6.45, 7) is 0. The van der Waals surface area contributed by atoms with Gasteiger partial charge < -0.3 is 5.32 Å². The van der Waals surface area contributed by atoms with Gasteiger partial charge in [-0.15, -0.1) is 0 Å². The molecule has 1 aromatic rings. The van der Waals surface area contributed by atoms with Crippen LogP contribution in [0.4, 0.5) is 4.39 Å². The zero-order valence-corrected chi connectivity index (χ0v) is 12.3. The second kappa shape index (κ2) is 6.71. The van der Waals surface area contributed by atoms with Crippen LogP contribution in [0.2, 0.25) is 0 Å². The molecule has 1 nitrogen and oxygen atoms in total. The van der Waals surface area contributed by atoms with Gasteiger partial charge in [-0.3, -0.25) is 0 Å². The van der Waals surface area contributed by atoms with Gasteiger partial charge in [0.2, 0.25) is 0 Å². The quantitative estimate of drug-likeness (QED) is 0.837. The Labute approximate surface area is 122 Å². The highest BCUT2D eigenvalue weighted by atomic mass is 19.1. The van der Waals surface area contributed by atoms with Crippen LogP contribution in [0.1, 0.15) is 69.3 Å². The van der Waals surface area contributed by atoms with Gasteiger partial charge >= 0.3 is 0 Å². The molecule has 3 rings (SSSR count). The molecule has 0 spiro atoms. The molecule has 2 saturated carbocycles. The zero-order valence-electron chi connectivity index (χ0n) is 12.3. The molecule has 2 aliphatic rings. The second-order valence-corrected chi connectivity index (χ2v) is 6.60. The highest BCUT2D eigenvalue weighted by Crippen LogP contribution is 2.38. The van der Waals surface area contributed by atoms with Gasteiger partial charge in [0.25, 0.3) is 0 Å². The average Bonchev–Trinajstić information content (AvgIpc) is 2.36. The molecule has 2 fully saturated rings. The van der Waals surface area contributed by atoms with E-state index in [0.29, 0.717) is 18.0 Å². The van der Waals surface area contributed by atoms with Crippen molar-refractivity contribution < 1.29 is 4.39 Å². The summed E-state index contributed by atoms with van der Waals surface area (Å²) in [5, 5.41) is 3.82. The Morgan fingerprint density at radius 2 is 1.50 bits per heavy atom.